The first-order chi connectivity index (χ1) is 39.1. The molecular weight excluding hydrogens is 1150 g/mol. The van der Waals surface area contributed by atoms with Gasteiger partial charge in [0.1, 0.15) is 11.2 Å². The molecule has 4 heterocycles. The molecule has 0 bridgehead atoms. The molecule has 14 rings (SSSR count). The van der Waals surface area contributed by atoms with Gasteiger partial charge in [0.25, 0.3) is 0 Å². The van der Waals surface area contributed by atoms with Crippen LogP contribution in [0.2, 0.25) is 0 Å². The molecule has 0 saturated heterocycles. The van der Waals surface area contributed by atoms with Crippen LogP contribution in [0.1, 0.15) is 0 Å². The molecule has 5 heteroatoms. The van der Waals surface area contributed by atoms with Crippen molar-refractivity contribution in [2.45, 2.75) is 0 Å². The Balaban J connectivity index is 0.00000605. The molecule has 4 aromatic heterocycles. The summed E-state index contributed by atoms with van der Waals surface area (Å²) in [4.78, 5) is 15.1. The van der Waals surface area contributed by atoms with Gasteiger partial charge in [-0.1, -0.05) is 152 Å². The normalized spacial score (nSPS) is 11.2. The SMILES string of the molecule is [Ir+3].[c-]1ccccc1-c1ccc(-c2ccccc2-c2cc(-c3ccccc3-c3ccc(-c4[c-]cccc4)nc3)cc(-c3ccccc3-c3cnc(-c4[c-]cccc4)cc3-c3ccc(-c4ccc5c(c4)oc4ccccc45)cc3)c2)cn1. The summed E-state index contributed by atoms with van der Waals surface area (Å²) in [5.74, 6) is 0. The van der Waals surface area contributed by atoms with Gasteiger partial charge >= 0.3 is 20.1 Å². The van der Waals surface area contributed by atoms with E-state index in [4.69, 9.17) is 19.4 Å². The van der Waals surface area contributed by atoms with Gasteiger partial charge in [-0.3, -0.25) is 0 Å². The van der Waals surface area contributed by atoms with E-state index in [0.717, 1.165) is 145 Å². The molecule has 0 aliphatic rings. The predicted octanol–water partition coefficient (Wildman–Crippen LogP) is 19.5. The fourth-order valence-corrected chi connectivity index (χ4v) is 10.9. The van der Waals surface area contributed by atoms with E-state index in [0.29, 0.717) is 0 Å². The molecule has 0 saturated carbocycles. The van der Waals surface area contributed by atoms with Gasteiger partial charge in [0.2, 0.25) is 0 Å². The van der Waals surface area contributed by atoms with E-state index in [-0.39, 0.29) is 20.1 Å². The van der Waals surface area contributed by atoms with Crippen LogP contribution in [-0.4, -0.2) is 15.0 Å². The van der Waals surface area contributed by atoms with Crippen LogP contribution < -0.4 is 0 Å². The second-order valence-electron chi connectivity index (χ2n) is 19.6. The Morgan fingerprint density at radius 3 is 1.18 bits per heavy atom. The number of pyridine rings is 3. The van der Waals surface area contributed by atoms with Crippen molar-refractivity contribution in [2.24, 2.45) is 0 Å². The molecule has 0 unspecified atom stereocenters. The molecule has 0 aliphatic carbocycles. The van der Waals surface area contributed by atoms with E-state index in [1.165, 1.54) is 0 Å². The fourth-order valence-electron chi connectivity index (χ4n) is 10.9. The smallest absolute Gasteiger partial charge is 0.456 e. The Bertz CT molecular complexity index is 4360. The molecule has 0 aliphatic heterocycles. The van der Waals surface area contributed by atoms with Crippen LogP contribution in [0.4, 0.5) is 0 Å². The molecule has 0 spiro atoms. The van der Waals surface area contributed by atoms with Gasteiger partial charge in [0, 0.05) is 34.9 Å². The Morgan fingerprint density at radius 1 is 0.250 bits per heavy atom. The molecule has 10 aromatic carbocycles. The maximum atomic E-state index is 6.31. The summed E-state index contributed by atoms with van der Waals surface area (Å²) >= 11 is 0. The quantitative estimate of drug-likeness (QED) is 0.121. The van der Waals surface area contributed by atoms with Crippen LogP contribution in [0, 0.1) is 18.2 Å². The number of nitrogens with zero attached hydrogens (tertiary/aromatic N) is 3. The summed E-state index contributed by atoms with van der Waals surface area (Å²) in [6, 6.07) is 101. The summed E-state index contributed by atoms with van der Waals surface area (Å²) in [7, 11) is 0. The van der Waals surface area contributed by atoms with Gasteiger partial charge < -0.3 is 19.4 Å². The zero-order chi connectivity index (χ0) is 52.5. The van der Waals surface area contributed by atoms with Crippen LogP contribution in [-0.2, 0) is 20.1 Å². The topological polar surface area (TPSA) is 51.8 Å². The van der Waals surface area contributed by atoms with E-state index in [2.05, 4.69) is 200 Å². The van der Waals surface area contributed by atoms with Crippen molar-refractivity contribution in [2.75, 3.05) is 0 Å². The Labute approximate surface area is 478 Å². The number of furan rings is 1. The number of rotatable bonds is 11. The summed E-state index contributed by atoms with van der Waals surface area (Å²) < 4.78 is 6.31. The van der Waals surface area contributed by atoms with Crippen LogP contribution in [0.15, 0.2) is 284 Å². The molecular formula is C75H46IrN3O. The fraction of sp³-hybridized carbons (Fsp3) is 0. The van der Waals surface area contributed by atoms with E-state index < -0.39 is 0 Å². The molecule has 80 heavy (non-hydrogen) atoms. The third-order valence-corrected chi connectivity index (χ3v) is 14.9. The maximum Gasteiger partial charge on any atom is 3.00 e. The van der Waals surface area contributed by atoms with Crippen molar-refractivity contribution >= 4 is 21.9 Å². The zero-order valence-electron chi connectivity index (χ0n) is 43.1. The third-order valence-electron chi connectivity index (χ3n) is 14.9. The summed E-state index contributed by atoms with van der Waals surface area (Å²) in [5.41, 5.74) is 24.3. The molecule has 0 fully saturated rings. The minimum atomic E-state index is 0. The average Bonchev–Trinajstić information content (AvgIpc) is 3.96. The van der Waals surface area contributed by atoms with Gasteiger partial charge in [-0.2, -0.15) is 0 Å². The second-order valence-corrected chi connectivity index (χ2v) is 19.6. The first-order valence-corrected chi connectivity index (χ1v) is 26.5. The van der Waals surface area contributed by atoms with Crippen LogP contribution in [0.5, 0.6) is 0 Å². The van der Waals surface area contributed by atoms with Crippen molar-refractivity contribution in [3.63, 3.8) is 0 Å². The van der Waals surface area contributed by atoms with Crippen LogP contribution in [0.3, 0.4) is 0 Å². The first kappa shape index (κ1) is 49.7. The number of hydrogen-bond donors (Lipinski definition) is 0. The second kappa shape index (κ2) is 21.9. The maximum absolute atomic E-state index is 6.31. The minimum Gasteiger partial charge on any atom is -0.456 e. The molecule has 0 amide bonds. The molecule has 4 nitrogen and oxygen atoms in total. The summed E-state index contributed by atoms with van der Waals surface area (Å²) in [5, 5.41) is 2.24. The van der Waals surface area contributed by atoms with Crippen molar-refractivity contribution in [1.29, 1.82) is 0 Å². The largest absolute Gasteiger partial charge is 3.00 e. The molecule has 0 N–H and O–H groups in total. The average molecular weight is 1200 g/mol. The molecule has 0 radical (unpaired) electrons. The standard InChI is InChI=1S/C75H46N3O.Ir/c1-4-18-52(19-5-1)71-40-37-56(47-76-71)61-24-10-12-26-63(61)58-42-59(64-27-13-11-25-62(64)57-38-41-72(77-48-57)53-20-6-2-7-21-53)44-60(43-58)65-28-14-15-29-66(65)70-49-78-73(54-22-8-3-9-23-54)46-69(70)51-34-32-50(33-35-51)55-36-39-68-67-30-16-17-31-74(67)79-75(68)45-55;/h1-18,20,22,24-49H;/q-3;+3. The monoisotopic (exact) mass is 1200 g/mol. The van der Waals surface area contributed by atoms with E-state index in [1.54, 1.807) is 0 Å². The van der Waals surface area contributed by atoms with Gasteiger partial charge in [0.05, 0.1) is 0 Å². The number of fused-ring (bicyclic) bond motifs is 3. The Morgan fingerprint density at radius 2 is 0.662 bits per heavy atom. The summed E-state index contributed by atoms with van der Waals surface area (Å²) in [6.07, 6.45) is 5.99. The first-order valence-electron chi connectivity index (χ1n) is 26.5. The predicted molar refractivity (Wildman–Crippen MR) is 323 cm³/mol. The number of aromatic nitrogens is 3. The van der Waals surface area contributed by atoms with Crippen molar-refractivity contribution in [3.8, 4) is 123 Å². The van der Waals surface area contributed by atoms with E-state index >= 15 is 0 Å². The number of hydrogen-bond acceptors (Lipinski definition) is 4. The van der Waals surface area contributed by atoms with E-state index in [1.807, 2.05) is 97.5 Å². The zero-order valence-corrected chi connectivity index (χ0v) is 45.5. The van der Waals surface area contributed by atoms with Crippen molar-refractivity contribution < 1.29 is 24.5 Å². The van der Waals surface area contributed by atoms with Crippen LogP contribution >= 0.6 is 0 Å². The van der Waals surface area contributed by atoms with Gasteiger partial charge in [-0.05, 0) is 137 Å². The van der Waals surface area contributed by atoms with Gasteiger partial charge in [0.15, 0.2) is 0 Å². The molecule has 14 aromatic rings. The van der Waals surface area contributed by atoms with Gasteiger partial charge in [-0.15, -0.1) is 108 Å². The van der Waals surface area contributed by atoms with Gasteiger partial charge in [-0.25, -0.2) is 0 Å². The van der Waals surface area contributed by atoms with Crippen LogP contribution in [0.25, 0.3) is 145 Å². The Kier molecular flexibility index (Phi) is 13.6. The van der Waals surface area contributed by atoms with Crippen molar-refractivity contribution in [3.05, 3.63) is 298 Å². The number of benzene rings is 10. The molecule has 376 valence electrons. The van der Waals surface area contributed by atoms with E-state index in [9.17, 15) is 0 Å². The number of para-hydroxylation sites is 1. The summed E-state index contributed by atoms with van der Waals surface area (Å²) in [6.45, 7) is 0. The minimum absolute atomic E-state index is 0. The Hall–Kier alpha value is -9.90. The van der Waals surface area contributed by atoms with Crippen molar-refractivity contribution in [1.82, 2.24) is 15.0 Å². The molecule has 0 atom stereocenters. The third kappa shape index (κ3) is 9.67.